The summed E-state index contributed by atoms with van der Waals surface area (Å²) in [5, 5.41) is 0. The summed E-state index contributed by atoms with van der Waals surface area (Å²) in [4.78, 5) is 37.2. The zero-order valence-electron chi connectivity index (χ0n) is 11.0. The molecule has 7 heteroatoms. The van der Waals surface area contributed by atoms with Crippen molar-refractivity contribution in [2.24, 2.45) is 0 Å². The molecule has 4 rings (SSSR count). The molecule has 0 spiro atoms. The molecule has 7 nitrogen and oxygen atoms in total. The SMILES string of the molecule is O=C1OC2CC1N(C(=O)Cn1c(=O)oc3ccccc31)C2. The molecule has 2 fully saturated rings. The minimum absolute atomic E-state index is 0.133. The van der Waals surface area contributed by atoms with E-state index in [0.29, 0.717) is 24.1 Å². The smallest absolute Gasteiger partial charge is 0.420 e. The Balaban J connectivity index is 1.63. The highest BCUT2D eigenvalue weighted by Gasteiger charge is 2.48. The van der Waals surface area contributed by atoms with E-state index in [1.54, 1.807) is 24.3 Å². The summed E-state index contributed by atoms with van der Waals surface area (Å²) < 4.78 is 11.4. The van der Waals surface area contributed by atoms with Gasteiger partial charge in [-0.05, 0) is 12.1 Å². The second-order valence-electron chi connectivity index (χ2n) is 5.28. The molecule has 2 aliphatic rings. The molecule has 0 aliphatic carbocycles. The Morgan fingerprint density at radius 1 is 1.29 bits per heavy atom. The number of carbonyl (C=O) groups is 2. The van der Waals surface area contributed by atoms with Crippen molar-refractivity contribution in [2.45, 2.75) is 25.1 Å². The van der Waals surface area contributed by atoms with Crippen LogP contribution in [0.1, 0.15) is 6.42 Å². The van der Waals surface area contributed by atoms with E-state index in [1.807, 2.05) is 0 Å². The maximum absolute atomic E-state index is 12.4. The molecule has 108 valence electrons. The molecule has 0 radical (unpaired) electrons. The molecule has 1 aromatic carbocycles. The van der Waals surface area contributed by atoms with Crippen molar-refractivity contribution in [2.75, 3.05) is 6.54 Å². The van der Waals surface area contributed by atoms with E-state index in [0.717, 1.165) is 0 Å². The van der Waals surface area contributed by atoms with E-state index in [-0.39, 0.29) is 24.5 Å². The fraction of sp³-hybridized carbons (Fsp3) is 0.357. The summed E-state index contributed by atoms with van der Waals surface area (Å²) in [6, 6.07) is 6.42. The average molecular weight is 288 g/mol. The third-order valence-corrected chi connectivity index (χ3v) is 4.01. The number of esters is 1. The van der Waals surface area contributed by atoms with Crippen LogP contribution in [-0.2, 0) is 20.9 Å². The van der Waals surface area contributed by atoms with Crippen molar-refractivity contribution in [1.29, 1.82) is 0 Å². The number of hydrogen-bond acceptors (Lipinski definition) is 5. The summed E-state index contributed by atoms with van der Waals surface area (Å²) in [7, 11) is 0. The van der Waals surface area contributed by atoms with Gasteiger partial charge in [-0.25, -0.2) is 9.59 Å². The van der Waals surface area contributed by atoms with E-state index in [2.05, 4.69) is 0 Å². The first-order valence-electron chi connectivity index (χ1n) is 6.72. The third kappa shape index (κ3) is 1.77. The number of rotatable bonds is 2. The second-order valence-corrected chi connectivity index (χ2v) is 5.28. The van der Waals surface area contributed by atoms with Crippen LogP contribution in [0, 0.1) is 0 Å². The van der Waals surface area contributed by atoms with Gasteiger partial charge in [0.25, 0.3) is 0 Å². The van der Waals surface area contributed by atoms with Crippen molar-refractivity contribution < 1.29 is 18.7 Å². The van der Waals surface area contributed by atoms with Gasteiger partial charge in [0.2, 0.25) is 5.91 Å². The lowest BCUT2D eigenvalue weighted by molar-refractivity contribution is -0.157. The minimum atomic E-state index is -0.573. The standard InChI is InChI=1S/C14H12N2O5/c17-12(15-6-8-5-10(15)13(18)20-8)7-16-9-3-1-2-4-11(9)21-14(16)19/h1-4,8,10H,5-7H2. The molecule has 0 saturated carbocycles. The molecule has 0 N–H and O–H groups in total. The number of benzene rings is 1. The van der Waals surface area contributed by atoms with Gasteiger partial charge < -0.3 is 14.1 Å². The number of fused-ring (bicyclic) bond motifs is 3. The molecule has 2 aromatic rings. The van der Waals surface area contributed by atoms with Gasteiger partial charge in [-0.1, -0.05) is 12.1 Å². The van der Waals surface area contributed by atoms with Gasteiger partial charge in [0.05, 0.1) is 12.1 Å². The summed E-state index contributed by atoms with van der Waals surface area (Å²) in [6.45, 7) is 0.270. The molecular formula is C14H12N2O5. The predicted molar refractivity (Wildman–Crippen MR) is 70.5 cm³/mol. The Morgan fingerprint density at radius 2 is 2.10 bits per heavy atom. The summed E-state index contributed by atoms with van der Waals surface area (Å²) in [5.74, 6) is -1.20. The van der Waals surface area contributed by atoms with E-state index in [1.165, 1.54) is 9.47 Å². The average Bonchev–Trinajstić information content (AvgIpc) is 3.12. The first kappa shape index (κ1) is 12.2. The lowest BCUT2D eigenvalue weighted by Crippen LogP contribution is -2.46. The molecule has 1 amide bonds. The molecule has 3 heterocycles. The highest BCUT2D eigenvalue weighted by Crippen LogP contribution is 2.29. The number of likely N-dealkylation sites (tertiary alicyclic amines) is 1. The van der Waals surface area contributed by atoms with Crippen molar-refractivity contribution in [3.05, 3.63) is 34.8 Å². The van der Waals surface area contributed by atoms with E-state index < -0.39 is 11.8 Å². The molecule has 2 saturated heterocycles. The normalized spacial score (nSPS) is 23.8. The summed E-state index contributed by atoms with van der Waals surface area (Å²) >= 11 is 0. The molecular weight excluding hydrogens is 276 g/mol. The number of amides is 1. The Morgan fingerprint density at radius 3 is 2.86 bits per heavy atom. The molecule has 2 bridgehead atoms. The lowest BCUT2D eigenvalue weighted by atomic mass is 10.2. The van der Waals surface area contributed by atoms with Crippen molar-refractivity contribution in [3.63, 3.8) is 0 Å². The zero-order valence-corrected chi connectivity index (χ0v) is 11.0. The number of carbonyl (C=O) groups excluding carboxylic acids is 2. The highest BCUT2D eigenvalue weighted by atomic mass is 16.6. The first-order valence-corrected chi connectivity index (χ1v) is 6.72. The number of ether oxygens (including phenoxy) is 1. The minimum Gasteiger partial charge on any atom is -0.459 e. The van der Waals surface area contributed by atoms with Crippen LogP contribution in [0.25, 0.3) is 11.1 Å². The second kappa shape index (κ2) is 4.21. The fourth-order valence-corrected chi connectivity index (χ4v) is 3.01. The predicted octanol–water partition coefficient (Wildman–Crippen LogP) is 0.121. The molecule has 21 heavy (non-hydrogen) atoms. The number of hydrogen-bond donors (Lipinski definition) is 0. The Bertz CT molecular complexity index is 805. The van der Waals surface area contributed by atoms with Crippen LogP contribution in [0.2, 0.25) is 0 Å². The van der Waals surface area contributed by atoms with Crippen molar-refractivity contribution in [3.8, 4) is 0 Å². The van der Waals surface area contributed by atoms with Crippen LogP contribution < -0.4 is 5.76 Å². The van der Waals surface area contributed by atoms with Gasteiger partial charge in [-0.3, -0.25) is 9.36 Å². The topological polar surface area (TPSA) is 81.8 Å². The number of oxazole rings is 1. The quantitative estimate of drug-likeness (QED) is 0.733. The van der Waals surface area contributed by atoms with Gasteiger partial charge >= 0.3 is 11.7 Å². The van der Waals surface area contributed by atoms with Crippen molar-refractivity contribution >= 4 is 23.0 Å². The van der Waals surface area contributed by atoms with Crippen LogP contribution in [0.15, 0.2) is 33.5 Å². The molecule has 1 aromatic heterocycles. The maximum atomic E-state index is 12.4. The molecule has 2 aliphatic heterocycles. The number of aromatic nitrogens is 1. The molecule has 2 atom stereocenters. The largest absolute Gasteiger partial charge is 0.459 e. The Kier molecular flexibility index (Phi) is 2.44. The zero-order chi connectivity index (χ0) is 14.6. The number of para-hydroxylation sites is 2. The number of nitrogens with zero attached hydrogens (tertiary/aromatic N) is 2. The highest BCUT2D eigenvalue weighted by molar-refractivity contribution is 5.88. The first-order chi connectivity index (χ1) is 10.1. The van der Waals surface area contributed by atoms with Crippen LogP contribution in [0.4, 0.5) is 0 Å². The van der Waals surface area contributed by atoms with Gasteiger partial charge in [0.1, 0.15) is 18.7 Å². The number of morpholine rings is 1. The van der Waals surface area contributed by atoms with Gasteiger partial charge in [0.15, 0.2) is 5.58 Å². The van der Waals surface area contributed by atoms with Gasteiger partial charge in [0, 0.05) is 6.42 Å². The Labute approximate surface area is 118 Å². The lowest BCUT2D eigenvalue weighted by Gasteiger charge is -2.25. The third-order valence-electron chi connectivity index (χ3n) is 4.01. The summed E-state index contributed by atoms with van der Waals surface area (Å²) in [5.41, 5.74) is 1.01. The Hall–Kier alpha value is -2.57. The van der Waals surface area contributed by atoms with Crippen LogP contribution in [0.3, 0.4) is 0 Å². The summed E-state index contributed by atoms with van der Waals surface area (Å²) in [6.07, 6.45) is 0.343. The van der Waals surface area contributed by atoms with Gasteiger partial charge in [-0.2, -0.15) is 0 Å². The molecule has 2 unspecified atom stereocenters. The van der Waals surface area contributed by atoms with E-state index in [4.69, 9.17) is 9.15 Å². The monoisotopic (exact) mass is 288 g/mol. The maximum Gasteiger partial charge on any atom is 0.420 e. The van der Waals surface area contributed by atoms with E-state index in [9.17, 15) is 14.4 Å². The van der Waals surface area contributed by atoms with Crippen LogP contribution in [0.5, 0.6) is 0 Å². The fourth-order valence-electron chi connectivity index (χ4n) is 3.01. The van der Waals surface area contributed by atoms with Crippen molar-refractivity contribution in [1.82, 2.24) is 9.47 Å². The van der Waals surface area contributed by atoms with E-state index >= 15 is 0 Å². The van der Waals surface area contributed by atoms with Crippen LogP contribution in [-0.4, -0.2) is 40.0 Å². The van der Waals surface area contributed by atoms with Crippen LogP contribution >= 0.6 is 0 Å². The van der Waals surface area contributed by atoms with Gasteiger partial charge in [-0.15, -0.1) is 0 Å².